The van der Waals surface area contributed by atoms with Crippen molar-refractivity contribution >= 4 is 10.0 Å². The second kappa shape index (κ2) is 4.74. The maximum absolute atomic E-state index is 13.6. The first kappa shape index (κ1) is 12.5. The zero-order chi connectivity index (χ0) is 12.5. The normalized spacial score (nSPS) is 20.4. The quantitative estimate of drug-likeness (QED) is 0.813. The summed E-state index contributed by atoms with van der Waals surface area (Å²) in [6.07, 6.45) is 1.56. The van der Waals surface area contributed by atoms with Crippen molar-refractivity contribution in [3.63, 3.8) is 0 Å². The van der Waals surface area contributed by atoms with Crippen LogP contribution in [0.1, 0.15) is 24.0 Å². The average molecular weight is 257 g/mol. The molecule has 0 bridgehead atoms. The fourth-order valence-electron chi connectivity index (χ4n) is 1.99. The lowest BCUT2D eigenvalue weighted by Gasteiger charge is -2.26. The molecule has 1 aromatic rings. The average Bonchev–Trinajstić information content (AvgIpc) is 2.24. The van der Waals surface area contributed by atoms with Crippen molar-refractivity contribution in [3.05, 3.63) is 35.1 Å². The second-order valence-electron chi connectivity index (χ2n) is 4.45. The molecule has 1 heterocycles. The van der Waals surface area contributed by atoms with Crippen molar-refractivity contribution in [2.24, 2.45) is 0 Å². The Kier molecular flexibility index (Phi) is 3.49. The minimum atomic E-state index is -3.18. The Balaban J connectivity index is 2.20. The van der Waals surface area contributed by atoms with Crippen LogP contribution in [0.4, 0.5) is 4.39 Å². The van der Waals surface area contributed by atoms with E-state index in [2.05, 4.69) is 0 Å². The van der Waals surface area contributed by atoms with Crippen LogP contribution in [0.5, 0.6) is 0 Å². The summed E-state index contributed by atoms with van der Waals surface area (Å²) in [5, 5.41) is 0. The van der Waals surface area contributed by atoms with E-state index in [1.165, 1.54) is 10.4 Å². The van der Waals surface area contributed by atoms with E-state index < -0.39 is 10.0 Å². The molecule has 0 aromatic heterocycles. The van der Waals surface area contributed by atoms with Gasteiger partial charge in [-0.05, 0) is 31.4 Å². The Labute approximate surface area is 101 Å². The molecular weight excluding hydrogens is 241 g/mol. The summed E-state index contributed by atoms with van der Waals surface area (Å²) >= 11 is 0. The van der Waals surface area contributed by atoms with E-state index in [1.807, 2.05) is 6.92 Å². The third kappa shape index (κ3) is 2.84. The molecule has 0 unspecified atom stereocenters. The molecule has 1 aromatic carbocycles. The first-order valence-corrected chi connectivity index (χ1v) is 7.33. The van der Waals surface area contributed by atoms with Crippen LogP contribution >= 0.6 is 0 Å². The van der Waals surface area contributed by atoms with E-state index >= 15 is 0 Å². The highest BCUT2D eigenvalue weighted by atomic mass is 32.2. The Morgan fingerprint density at radius 3 is 2.76 bits per heavy atom. The predicted molar refractivity (Wildman–Crippen MR) is 64.6 cm³/mol. The third-order valence-corrected chi connectivity index (χ3v) is 4.91. The van der Waals surface area contributed by atoms with Gasteiger partial charge in [-0.3, -0.25) is 0 Å². The lowest BCUT2D eigenvalue weighted by Crippen LogP contribution is -2.37. The summed E-state index contributed by atoms with van der Waals surface area (Å²) in [6, 6.07) is 4.90. The summed E-state index contributed by atoms with van der Waals surface area (Å²) in [5.41, 5.74) is 1.29. The van der Waals surface area contributed by atoms with Crippen molar-refractivity contribution < 1.29 is 12.8 Å². The Morgan fingerprint density at radius 1 is 1.35 bits per heavy atom. The SMILES string of the molecule is Cc1ccc(CN2CCCCS2(=O)=O)c(F)c1. The van der Waals surface area contributed by atoms with E-state index in [0.717, 1.165) is 12.0 Å². The smallest absolute Gasteiger partial charge is 0.212 e. The molecule has 1 saturated heterocycles. The summed E-state index contributed by atoms with van der Waals surface area (Å²) in [4.78, 5) is 0. The van der Waals surface area contributed by atoms with Gasteiger partial charge in [0.15, 0.2) is 0 Å². The molecule has 2 rings (SSSR count). The van der Waals surface area contributed by atoms with Gasteiger partial charge in [0.1, 0.15) is 5.82 Å². The molecule has 1 fully saturated rings. The molecule has 94 valence electrons. The number of rotatable bonds is 2. The molecule has 5 heteroatoms. The molecule has 0 amide bonds. The monoisotopic (exact) mass is 257 g/mol. The molecular formula is C12H16FNO2S. The van der Waals surface area contributed by atoms with Gasteiger partial charge >= 0.3 is 0 Å². The largest absolute Gasteiger partial charge is 0.214 e. The fraction of sp³-hybridized carbons (Fsp3) is 0.500. The molecule has 0 atom stereocenters. The van der Waals surface area contributed by atoms with Gasteiger partial charge in [0.2, 0.25) is 10.0 Å². The van der Waals surface area contributed by atoms with Crippen LogP contribution in [-0.4, -0.2) is 25.0 Å². The van der Waals surface area contributed by atoms with Crippen LogP contribution in [0.15, 0.2) is 18.2 Å². The van der Waals surface area contributed by atoms with Crippen molar-refractivity contribution in [2.75, 3.05) is 12.3 Å². The van der Waals surface area contributed by atoms with E-state index in [1.54, 1.807) is 12.1 Å². The van der Waals surface area contributed by atoms with Crippen LogP contribution < -0.4 is 0 Å². The molecule has 3 nitrogen and oxygen atoms in total. The summed E-state index contributed by atoms with van der Waals surface area (Å²) in [5.74, 6) is -0.147. The number of hydrogen-bond acceptors (Lipinski definition) is 2. The van der Waals surface area contributed by atoms with Crippen molar-refractivity contribution in [3.8, 4) is 0 Å². The zero-order valence-corrected chi connectivity index (χ0v) is 10.6. The molecule has 1 aliphatic rings. The van der Waals surface area contributed by atoms with Crippen LogP contribution in [-0.2, 0) is 16.6 Å². The van der Waals surface area contributed by atoms with E-state index in [0.29, 0.717) is 18.5 Å². The number of nitrogens with zero attached hydrogens (tertiary/aromatic N) is 1. The molecule has 1 aliphatic heterocycles. The van der Waals surface area contributed by atoms with E-state index in [9.17, 15) is 12.8 Å². The van der Waals surface area contributed by atoms with Gasteiger partial charge in [-0.15, -0.1) is 0 Å². The third-order valence-electron chi connectivity index (χ3n) is 3.01. The van der Waals surface area contributed by atoms with E-state index in [4.69, 9.17) is 0 Å². The van der Waals surface area contributed by atoms with Crippen LogP contribution in [0.3, 0.4) is 0 Å². The molecule has 0 radical (unpaired) electrons. The second-order valence-corrected chi connectivity index (χ2v) is 6.54. The Hall–Kier alpha value is -0.940. The predicted octanol–water partition coefficient (Wildman–Crippen LogP) is 2.06. The molecule has 0 spiro atoms. The Morgan fingerprint density at radius 2 is 2.12 bits per heavy atom. The van der Waals surface area contributed by atoms with Gasteiger partial charge in [-0.2, -0.15) is 4.31 Å². The van der Waals surface area contributed by atoms with Crippen LogP contribution in [0, 0.1) is 12.7 Å². The summed E-state index contributed by atoms with van der Waals surface area (Å²) in [7, 11) is -3.18. The van der Waals surface area contributed by atoms with Crippen molar-refractivity contribution in [1.29, 1.82) is 0 Å². The minimum Gasteiger partial charge on any atom is -0.212 e. The van der Waals surface area contributed by atoms with Gasteiger partial charge in [0.25, 0.3) is 0 Å². The highest BCUT2D eigenvalue weighted by Crippen LogP contribution is 2.19. The molecule has 0 N–H and O–H groups in total. The number of benzene rings is 1. The highest BCUT2D eigenvalue weighted by Gasteiger charge is 2.26. The van der Waals surface area contributed by atoms with Crippen LogP contribution in [0.25, 0.3) is 0 Å². The number of hydrogen-bond donors (Lipinski definition) is 0. The number of halogens is 1. The lowest BCUT2D eigenvalue weighted by molar-refractivity contribution is 0.373. The maximum Gasteiger partial charge on any atom is 0.214 e. The minimum absolute atomic E-state index is 0.147. The number of aryl methyl sites for hydroxylation is 1. The molecule has 0 saturated carbocycles. The first-order chi connectivity index (χ1) is 7.99. The number of sulfonamides is 1. The Bertz CT molecular complexity index is 513. The molecule has 17 heavy (non-hydrogen) atoms. The first-order valence-electron chi connectivity index (χ1n) is 5.72. The van der Waals surface area contributed by atoms with Crippen molar-refractivity contribution in [2.45, 2.75) is 26.3 Å². The topological polar surface area (TPSA) is 37.4 Å². The van der Waals surface area contributed by atoms with Gasteiger partial charge in [-0.25, -0.2) is 12.8 Å². The summed E-state index contributed by atoms with van der Waals surface area (Å²) < 4.78 is 38.6. The zero-order valence-electron chi connectivity index (χ0n) is 9.82. The van der Waals surface area contributed by atoms with Gasteiger partial charge in [-0.1, -0.05) is 12.1 Å². The lowest BCUT2D eigenvalue weighted by atomic mass is 10.1. The standard InChI is InChI=1S/C12H16FNO2S/c1-10-4-5-11(12(13)8-10)9-14-6-2-3-7-17(14,15)16/h4-5,8H,2-3,6-7,9H2,1H3. The maximum atomic E-state index is 13.6. The summed E-state index contributed by atoms with van der Waals surface area (Å²) in [6.45, 7) is 2.45. The van der Waals surface area contributed by atoms with Gasteiger partial charge in [0.05, 0.1) is 5.75 Å². The molecule has 0 aliphatic carbocycles. The van der Waals surface area contributed by atoms with Crippen LogP contribution in [0.2, 0.25) is 0 Å². The van der Waals surface area contributed by atoms with Gasteiger partial charge < -0.3 is 0 Å². The van der Waals surface area contributed by atoms with Crippen molar-refractivity contribution in [1.82, 2.24) is 4.31 Å². The van der Waals surface area contributed by atoms with E-state index in [-0.39, 0.29) is 18.1 Å². The fourth-order valence-corrected chi connectivity index (χ4v) is 3.56. The highest BCUT2D eigenvalue weighted by molar-refractivity contribution is 7.89. The van der Waals surface area contributed by atoms with Gasteiger partial charge in [0, 0.05) is 18.7 Å².